The van der Waals surface area contributed by atoms with Crippen LogP contribution >= 0.6 is 15.9 Å². The van der Waals surface area contributed by atoms with Gasteiger partial charge in [0.05, 0.1) is 0 Å². The van der Waals surface area contributed by atoms with Crippen molar-refractivity contribution in [3.8, 4) is 0 Å². The topological polar surface area (TPSA) is 40.5 Å². The van der Waals surface area contributed by atoms with E-state index < -0.39 is 0 Å². The Morgan fingerprint density at radius 3 is 2.68 bits per heavy atom. The van der Waals surface area contributed by atoms with Gasteiger partial charge in [0.25, 0.3) is 0 Å². The van der Waals surface area contributed by atoms with E-state index in [4.69, 9.17) is 0 Å². The van der Waals surface area contributed by atoms with Crippen molar-refractivity contribution in [1.82, 2.24) is 0 Å². The number of rotatable bonds is 0. The van der Waals surface area contributed by atoms with E-state index in [0.717, 1.165) is 17.3 Å². The van der Waals surface area contributed by atoms with Crippen LogP contribution in [-0.2, 0) is 0 Å². The molecular formula is C16H19BrO2. The Morgan fingerprint density at radius 1 is 1.21 bits per heavy atom. The fourth-order valence-corrected chi connectivity index (χ4v) is 4.55. The highest BCUT2D eigenvalue weighted by atomic mass is 79.9. The van der Waals surface area contributed by atoms with E-state index >= 15 is 0 Å². The first-order valence-corrected chi connectivity index (χ1v) is 7.63. The van der Waals surface area contributed by atoms with Crippen LogP contribution in [0, 0.1) is 23.7 Å². The van der Waals surface area contributed by atoms with Gasteiger partial charge in [-0.1, -0.05) is 33.2 Å². The van der Waals surface area contributed by atoms with Crippen molar-refractivity contribution in [3.05, 3.63) is 45.4 Å². The quantitative estimate of drug-likeness (QED) is 0.630. The molecule has 19 heavy (non-hydrogen) atoms. The number of fused-ring (bicyclic) bond motifs is 3. The van der Waals surface area contributed by atoms with Crippen LogP contribution in [0.5, 0.6) is 0 Å². The van der Waals surface area contributed by atoms with Crippen LogP contribution in [0.3, 0.4) is 0 Å². The zero-order valence-electron chi connectivity index (χ0n) is 11.2. The minimum atomic E-state index is 0.0633. The molecule has 3 aliphatic carbocycles. The van der Waals surface area contributed by atoms with Gasteiger partial charge in [0.15, 0.2) is 0 Å². The minimum Gasteiger partial charge on any atom is -0.512 e. The Kier molecular flexibility index (Phi) is 3.12. The van der Waals surface area contributed by atoms with Gasteiger partial charge in [-0.25, -0.2) is 0 Å². The van der Waals surface area contributed by atoms with E-state index in [9.17, 15) is 10.2 Å². The average molecular weight is 323 g/mol. The fraction of sp³-hybridized carbons (Fsp3) is 0.500. The molecule has 0 spiro atoms. The molecule has 0 saturated heterocycles. The van der Waals surface area contributed by atoms with E-state index in [1.807, 2.05) is 6.08 Å². The minimum absolute atomic E-state index is 0.0633. The second kappa shape index (κ2) is 4.55. The smallest absolute Gasteiger partial charge is 0.115 e. The highest BCUT2D eigenvalue weighted by Gasteiger charge is 2.44. The summed E-state index contributed by atoms with van der Waals surface area (Å²) >= 11 is 3.69. The van der Waals surface area contributed by atoms with E-state index in [2.05, 4.69) is 35.9 Å². The number of hydrogen-bond donors (Lipinski definition) is 2. The number of halogens is 1. The molecule has 0 aromatic carbocycles. The number of aliphatic hydroxyl groups is 2. The zero-order valence-corrected chi connectivity index (χ0v) is 12.8. The third-order valence-corrected chi connectivity index (χ3v) is 5.96. The van der Waals surface area contributed by atoms with Gasteiger partial charge in [0, 0.05) is 22.4 Å². The van der Waals surface area contributed by atoms with Crippen molar-refractivity contribution in [3.63, 3.8) is 0 Å². The summed E-state index contributed by atoms with van der Waals surface area (Å²) in [7, 11) is 0. The number of hydrogen-bond acceptors (Lipinski definition) is 2. The molecule has 3 rings (SSSR count). The van der Waals surface area contributed by atoms with Gasteiger partial charge >= 0.3 is 0 Å². The largest absolute Gasteiger partial charge is 0.512 e. The van der Waals surface area contributed by atoms with Crippen LogP contribution in [0.1, 0.15) is 26.7 Å². The van der Waals surface area contributed by atoms with Crippen LogP contribution in [0.15, 0.2) is 45.4 Å². The standard InChI is InChI=1S/C16H19BrO2/c1-8-3-4-11-9(2)16(17)13-6-10(18)7-14(19)15(13)12(11)5-8/h5-7,11-13,15,18-19H,3-4H2,1-2H3/t11-,12+,13?,15?/m0/s1. The monoisotopic (exact) mass is 322 g/mol. The average Bonchev–Trinajstić information content (AvgIpc) is 2.35. The molecule has 0 radical (unpaired) electrons. The van der Waals surface area contributed by atoms with Crippen molar-refractivity contribution in [2.24, 2.45) is 23.7 Å². The van der Waals surface area contributed by atoms with Crippen molar-refractivity contribution < 1.29 is 10.2 Å². The lowest BCUT2D eigenvalue weighted by molar-refractivity contribution is 0.187. The highest BCUT2D eigenvalue weighted by molar-refractivity contribution is 9.11. The Labute approximate surface area is 122 Å². The van der Waals surface area contributed by atoms with Gasteiger partial charge < -0.3 is 10.2 Å². The predicted octanol–water partition coefficient (Wildman–Crippen LogP) is 4.77. The molecule has 0 aromatic rings. The van der Waals surface area contributed by atoms with E-state index in [1.165, 1.54) is 17.2 Å². The maximum atomic E-state index is 10.3. The first kappa shape index (κ1) is 13.0. The first-order valence-electron chi connectivity index (χ1n) is 6.84. The summed E-state index contributed by atoms with van der Waals surface area (Å²) in [5.74, 6) is 1.46. The summed E-state index contributed by atoms with van der Waals surface area (Å²) in [5.41, 5.74) is 2.78. The third-order valence-electron chi connectivity index (χ3n) is 4.81. The summed E-state index contributed by atoms with van der Waals surface area (Å²) in [6.45, 7) is 4.34. The molecule has 0 amide bonds. The molecule has 102 valence electrons. The normalized spacial score (nSPS) is 37.9. The molecule has 4 atom stereocenters. The van der Waals surface area contributed by atoms with Crippen molar-refractivity contribution >= 4 is 15.9 Å². The summed E-state index contributed by atoms with van der Waals surface area (Å²) in [6.07, 6.45) is 7.97. The molecule has 0 heterocycles. The Balaban J connectivity index is 2.12. The van der Waals surface area contributed by atoms with Crippen molar-refractivity contribution in [1.29, 1.82) is 0 Å². The summed E-state index contributed by atoms with van der Waals surface area (Å²) in [5, 5.41) is 20.0. The molecule has 2 nitrogen and oxygen atoms in total. The third kappa shape index (κ3) is 1.99. The molecular weight excluding hydrogens is 304 g/mol. The van der Waals surface area contributed by atoms with Gasteiger partial charge in [-0.15, -0.1) is 0 Å². The molecule has 0 aliphatic heterocycles. The second-order valence-electron chi connectivity index (χ2n) is 5.98. The van der Waals surface area contributed by atoms with E-state index in [-0.39, 0.29) is 17.6 Å². The van der Waals surface area contributed by atoms with Gasteiger partial charge in [0.1, 0.15) is 11.5 Å². The second-order valence-corrected chi connectivity index (χ2v) is 6.83. The Bertz CT molecular complexity index is 539. The molecule has 3 heteroatoms. The lowest BCUT2D eigenvalue weighted by Gasteiger charge is -2.44. The Morgan fingerprint density at radius 2 is 1.95 bits per heavy atom. The van der Waals surface area contributed by atoms with Crippen LogP contribution < -0.4 is 0 Å². The molecule has 2 N–H and O–H groups in total. The number of allylic oxidation sites excluding steroid dienone is 7. The summed E-state index contributed by atoms with van der Waals surface area (Å²) in [6, 6.07) is 0. The molecule has 3 aliphatic rings. The van der Waals surface area contributed by atoms with Gasteiger partial charge in [-0.05, 0) is 44.6 Å². The zero-order chi connectivity index (χ0) is 13.7. The van der Waals surface area contributed by atoms with Crippen LogP contribution in [0.2, 0.25) is 0 Å². The SMILES string of the molecule is CC1=C[C@H]2C3C(O)=CC(O)=CC3C(Br)=C(C)[C@@H]2CC1. The van der Waals surface area contributed by atoms with Crippen LogP contribution in [0.4, 0.5) is 0 Å². The van der Waals surface area contributed by atoms with Crippen LogP contribution in [0.25, 0.3) is 0 Å². The van der Waals surface area contributed by atoms with Crippen LogP contribution in [-0.4, -0.2) is 10.2 Å². The first-order chi connectivity index (χ1) is 8.99. The number of aliphatic hydroxyl groups excluding tert-OH is 2. The molecule has 0 saturated carbocycles. The lowest BCUT2D eigenvalue weighted by Crippen LogP contribution is -2.37. The maximum absolute atomic E-state index is 10.3. The summed E-state index contributed by atoms with van der Waals surface area (Å²) in [4.78, 5) is 0. The molecule has 2 unspecified atom stereocenters. The van der Waals surface area contributed by atoms with Crippen molar-refractivity contribution in [2.45, 2.75) is 26.7 Å². The fourth-order valence-electron chi connectivity index (χ4n) is 3.84. The highest BCUT2D eigenvalue weighted by Crippen LogP contribution is 2.53. The Hall–Kier alpha value is -0.960. The van der Waals surface area contributed by atoms with E-state index in [1.54, 1.807) is 0 Å². The van der Waals surface area contributed by atoms with Gasteiger partial charge in [-0.3, -0.25) is 0 Å². The van der Waals surface area contributed by atoms with Crippen molar-refractivity contribution in [2.75, 3.05) is 0 Å². The lowest BCUT2D eigenvalue weighted by atomic mass is 9.62. The van der Waals surface area contributed by atoms with Gasteiger partial charge in [-0.2, -0.15) is 0 Å². The predicted molar refractivity (Wildman–Crippen MR) is 80.0 cm³/mol. The molecule has 0 aromatic heterocycles. The molecule has 0 bridgehead atoms. The summed E-state index contributed by atoms with van der Waals surface area (Å²) < 4.78 is 1.14. The molecule has 0 fully saturated rings. The maximum Gasteiger partial charge on any atom is 0.115 e. The van der Waals surface area contributed by atoms with E-state index in [0.29, 0.717) is 17.6 Å². The van der Waals surface area contributed by atoms with Gasteiger partial charge in [0.2, 0.25) is 0 Å².